The monoisotopic (exact) mass is 207 g/mol. The molecule has 1 rings (SSSR count). The Kier molecular flexibility index (Phi) is 3.51. The zero-order chi connectivity index (χ0) is 10.1. The Morgan fingerprint density at radius 1 is 1.62 bits per heavy atom. The van der Waals surface area contributed by atoms with E-state index in [9.17, 15) is 9.67 Å². The maximum absolute atomic E-state index is 10.4. The first kappa shape index (κ1) is 11.2. The molecule has 0 bridgehead atoms. The fourth-order valence-corrected chi connectivity index (χ4v) is 1.47. The van der Waals surface area contributed by atoms with Crippen molar-refractivity contribution in [2.24, 2.45) is 0 Å². The summed E-state index contributed by atoms with van der Waals surface area (Å²) in [6, 6.07) is 0. The third kappa shape index (κ3) is 3.76. The van der Waals surface area contributed by atoms with Crippen LogP contribution in [0.1, 0.15) is 6.42 Å². The highest BCUT2D eigenvalue weighted by molar-refractivity contribution is 7.51. The first-order chi connectivity index (χ1) is 5.88. The SMILES string of the molecule is [B]C1CC(O)C(OCP(=O)(O)O)N1. The van der Waals surface area contributed by atoms with Gasteiger partial charge in [0.25, 0.3) is 0 Å². The van der Waals surface area contributed by atoms with Gasteiger partial charge >= 0.3 is 7.60 Å². The molecule has 1 aliphatic rings. The van der Waals surface area contributed by atoms with E-state index < -0.39 is 32.2 Å². The van der Waals surface area contributed by atoms with E-state index in [0.29, 0.717) is 6.42 Å². The maximum Gasteiger partial charge on any atom is 0.351 e. The highest BCUT2D eigenvalue weighted by Crippen LogP contribution is 2.34. The quantitative estimate of drug-likeness (QED) is 0.325. The van der Waals surface area contributed by atoms with Crippen LogP contribution in [0.3, 0.4) is 0 Å². The van der Waals surface area contributed by atoms with Crippen molar-refractivity contribution >= 4 is 15.4 Å². The van der Waals surface area contributed by atoms with Gasteiger partial charge in [0.1, 0.15) is 6.23 Å². The first-order valence-corrected chi connectivity index (χ1v) is 5.54. The van der Waals surface area contributed by atoms with Crippen molar-refractivity contribution < 1.29 is 24.2 Å². The lowest BCUT2D eigenvalue weighted by Gasteiger charge is -2.16. The number of ether oxygens (including phenoxy) is 1. The second-order valence-corrected chi connectivity index (χ2v) is 4.54. The Morgan fingerprint density at radius 2 is 2.23 bits per heavy atom. The smallest absolute Gasteiger partial charge is 0.351 e. The number of nitrogens with one attached hydrogen (secondary N) is 1. The van der Waals surface area contributed by atoms with Crippen molar-refractivity contribution in [2.45, 2.75) is 24.7 Å². The molecular formula is C5H11BNO5P. The highest BCUT2D eigenvalue weighted by Gasteiger charge is 2.31. The zero-order valence-corrected chi connectivity index (χ0v) is 7.72. The minimum Gasteiger partial charge on any atom is -0.389 e. The Hall–Kier alpha value is 0.0949. The molecule has 13 heavy (non-hydrogen) atoms. The summed E-state index contributed by atoms with van der Waals surface area (Å²) in [5.41, 5.74) is 0. The number of aliphatic hydroxyl groups excluding tert-OH is 1. The Balaban J connectivity index is 2.34. The summed E-state index contributed by atoms with van der Waals surface area (Å²) in [5, 5.41) is 11.9. The minimum atomic E-state index is -4.18. The van der Waals surface area contributed by atoms with Gasteiger partial charge in [0, 0.05) is 0 Å². The van der Waals surface area contributed by atoms with Crippen LogP contribution < -0.4 is 5.32 Å². The molecule has 0 amide bonds. The fraction of sp³-hybridized carbons (Fsp3) is 1.00. The lowest BCUT2D eigenvalue weighted by atomic mass is 9.95. The van der Waals surface area contributed by atoms with Crippen molar-refractivity contribution in [3.8, 4) is 0 Å². The maximum atomic E-state index is 10.4. The van der Waals surface area contributed by atoms with Gasteiger partial charge in [0.15, 0.2) is 6.35 Å². The van der Waals surface area contributed by atoms with E-state index in [1.165, 1.54) is 0 Å². The summed E-state index contributed by atoms with van der Waals surface area (Å²) in [6.45, 7) is 0. The average Bonchev–Trinajstić information content (AvgIpc) is 2.24. The molecule has 6 nitrogen and oxygen atoms in total. The predicted octanol–water partition coefficient (Wildman–Crippen LogP) is -1.69. The van der Waals surface area contributed by atoms with Gasteiger partial charge in [-0.1, -0.05) is 0 Å². The summed E-state index contributed by atoms with van der Waals surface area (Å²) < 4.78 is 15.2. The van der Waals surface area contributed by atoms with E-state index >= 15 is 0 Å². The molecule has 0 aliphatic carbocycles. The third-order valence-corrected chi connectivity index (χ3v) is 2.13. The van der Waals surface area contributed by atoms with Gasteiger partial charge in [0.05, 0.1) is 14.0 Å². The Bertz CT molecular complexity index is 221. The van der Waals surface area contributed by atoms with Gasteiger partial charge < -0.3 is 19.6 Å². The van der Waals surface area contributed by atoms with E-state index in [1.54, 1.807) is 0 Å². The van der Waals surface area contributed by atoms with E-state index in [0.717, 1.165) is 0 Å². The zero-order valence-electron chi connectivity index (χ0n) is 6.83. The number of aliphatic hydroxyl groups is 1. The molecule has 0 aromatic heterocycles. The summed E-state index contributed by atoms with van der Waals surface area (Å²) in [5.74, 6) is -0.392. The largest absolute Gasteiger partial charge is 0.389 e. The second kappa shape index (κ2) is 4.08. The number of hydrogen-bond acceptors (Lipinski definition) is 4. The summed E-state index contributed by atoms with van der Waals surface area (Å²) in [6.07, 6.45) is -2.01. The standard InChI is InChI=1S/C5H11BNO5P/c6-4-1-3(8)5(7-4)12-2-13(9,10)11/h3-5,7-8H,1-2H2,(H2,9,10,11). The third-order valence-electron chi connectivity index (χ3n) is 1.65. The van der Waals surface area contributed by atoms with Crippen LogP contribution in [0.15, 0.2) is 0 Å². The fourth-order valence-electron chi connectivity index (χ4n) is 1.11. The predicted molar refractivity (Wildman–Crippen MR) is 45.1 cm³/mol. The molecule has 1 heterocycles. The van der Waals surface area contributed by atoms with Gasteiger partial charge in [-0.25, -0.2) is 0 Å². The molecule has 0 aromatic rings. The van der Waals surface area contributed by atoms with Crippen LogP contribution >= 0.6 is 7.60 Å². The number of hydrogen-bond donors (Lipinski definition) is 4. The topological polar surface area (TPSA) is 99.0 Å². The van der Waals surface area contributed by atoms with E-state index in [4.69, 9.17) is 22.4 Å². The summed E-state index contributed by atoms with van der Waals surface area (Å²) >= 11 is 0. The summed E-state index contributed by atoms with van der Waals surface area (Å²) in [4.78, 5) is 17.0. The molecule has 0 spiro atoms. The molecule has 1 aliphatic heterocycles. The van der Waals surface area contributed by atoms with Crippen LogP contribution in [0.4, 0.5) is 0 Å². The van der Waals surface area contributed by atoms with Gasteiger partial charge in [-0.15, -0.1) is 0 Å². The molecule has 1 saturated heterocycles. The average molecular weight is 207 g/mol. The van der Waals surface area contributed by atoms with Crippen molar-refractivity contribution in [2.75, 3.05) is 6.35 Å². The molecule has 74 valence electrons. The molecule has 1 fully saturated rings. The van der Waals surface area contributed by atoms with Gasteiger partial charge in [-0.05, 0) is 12.4 Å². The van der Waals surface area contributed by atoms with E-state index in [-0.39, 0.29) is 0 Å². The molecule has 2 radical (unpaired) electrons. The molecule has 3 unspecified atom stereocenters. The normalized spacial score (nSPS) is 35.2. The Morgan fingerprint density at radius 3 is 2.62 bits per heavy atom. The molecule has 4 N–H and O–H groups in total. The summed E-state index contributed by atoms with van der Waals surface area (Å²) in [7, 11) is 1.23. The van der Waals surface area contributed by atoms with Crippen LogP contribution in [-0.2, 0) is 9.30 Å². The van der Waals surface area contributed by atoms with E-state index in [1.807, 2.05) is 0 Å². The Labute approximate surface area is 76.9 Å². The lowest BCUT2D eigenvalue weighted by Crippen LogP contribution is -2.36. The second-order valence-electron chi connectivity index (χ2n) is 2.96. The molecular weight excluding hydrogens is 196 g/mol. The van der Waals surface area contributed by atoms with Crippen LogP contribution in [0.25, 0.3) is 0 Å². The number of rotatable bonds is 3. The van der Waals surface area contributed by atoms with Crippen LogP contribution in [0.2, 0.25) is 0 Å². The van der Waals surface area contributed by atoms with Crippen molar-refractivity contribution in [3.05, 3.63) is 0 Å². The molecule has 3 atom stereocenters. The van der Waals surface area contributed by atoms with Gasteiger partial charge in [-0.3, -0.25) is 9.88 Å². The minimum absolute atomic E-state index is 0.311. The highest BCUT2D eigenvalue weighted by atomic mass is 31.2. The van der Waals surface area contributed by atoms with Crippen LogP contribution in [-0.4, -0.2) is 47.4 Å². The molecule has 0 saturated carbocycles. The molecule has 0 aromatic carbocycles. The van der Waals surface area contributed by atoms with Crippen molar-refractivity contribution in [1.29, 1.82) is 0 Å². The van der Waals surface area contributed by atoms with Crippen molar-refractivity contribution in [3.63, 3.8) is 0 Å². The molecule has 8 heteroatoms. The van der Waals surface area contributed by atoms with Crippen LogP contribution in [0, 0.1) is 0 Å². The van der Waals surface area contributed by atoms with Gasteiger partial charge in [0.2, 0.25) is 0 Å². The lowest BCUT2D eigenvalue weighted by molar-refractivity contribution is -0.0160. The first-order valence-electron chi connectivity index (χ1n) is 3.74. The van der Waals surface area contributed by atoms with Crippen LogP contribution in [0.5, 0.6) is 0 Å². The van der Waals surface area contributed by atoms with Crippen molar-refractivity contribution in [1.82, 2.24) is 5.32 Å². The van der Waals surface area contributed by atoms with E-state index in [2.05, 4.69) is 5.32 Å². The van der Waals surface area contributed by atoms with Gasteiger partial charge in [-0.2, -0.15) is 0 Å².